The zero-order valence-corrected chi connectivity index (χ0v) is 10.5. The number of nitrogens with zero attached hydrogens (tertiary/aromatic N) is 1. The summed E-state index contributed by atoms with van der Waals surface area (Å²) in [7, 11) is 0. The molecule has 1 aromatic heterocycles. The van der Waals surface area contributed by atoms with Crippen LogP contribution in [0.4, 0.5) is 0 Å². The van der Waals surface area contributed by atoms with Crippen molar-refractivity contribution in [3.63, 3.8) is 0 Å². The van der Waals surface area contributed by atoms with Crippen LogP contribution < -0.4 is 0 Å². The van der Waals surface area contributed by atoms with Crippen molar-refractivity contribution < 1.29 is 14.4 Å². The van der Waals surface area contributed by atoms with Crippen LogP contribution >= 0.6 is 0 Å². The topological polar surface area (TPSA) is 63.3 Å². The molecule has 20 heavy (non-hydrogen) atoms. The van der Waals surface area contributed by atoms with Crippen molar-refractivity contribution >= 4 is 5.97 Å². The van der Waals surface area contributed by atoms with Crippen LogP contribution in [0.5, 0.6) is 0 Å². The van der Waals surface area contributed by atoms with Gasteiger partial charge >= 0.3 is 5.97 Å². The Kier molecular flexibility index (Phi) is 3.05. The summed E-state index contributed by atoms with van der Waals surface area (Å²) in [6.45, 7) is 0. The summed E-state index contributed by atoms with van der Waals surface area (Å²) in [5.74, 6) is -1.27. The number of hydrogen-bond acceptors (Lipinski definition) is 3. The van der Waals surface area contributed by atoms with Gasteiger partial charge in [0.05, 0.1) is 5.56 Å². The summed E-state index contributed by atoms with van der Waals surface area (Å²) in [6, 6.07) is 18.6. The van der Waals surface area contributed by atoms with E-state index in [0.717, 1.165) is 11.1 Å². The molecule has 0 fully saturated rings. The molecule has 0 aliphatic rings. The van der Waals surface area contributed by atoms with Gasteiger partial charge in [0.2, 0.25) is 0 Å². The zero-order valence-electron chi connectivity index (χ0n) is 10.5. The molecule has 3 aromatic rings. The van der Waals surface area contributed by atoms with Gasteiger partial charge in [0, 0.05) is 5.56 Å². The summed E-state index contributed by atoms with van der Waals surface area (Å²) < 4.78 is 5.02. The van der Waals surface area contributed by atoms with Crippen LogP contribution in [0.15, 0.2) is 65.2 Å². The van der Waals surface area contributed by atoms with Crippen molar-refractivity contribution in [3.05, 3.63) is 66.4 Å². The predicted octanol–water partition coefficient (Wildman–Crippen LogP) is 3.71. The fourth-order valence-electron chi connectivity index (χ4n) is 2.10. The molecule has 1 N–H and O–H groups in total. The fourth-order valence-corrected chi connectivity index (χ4v) is 2.10. The molecule has 0 aliphatic heterocycles. The highest BCUT2D eigenvalue weighted by atomic mass is 16.5. The van der Waals surface area contributed by atoms with Gasteiger partial charge in [0.1, 0.15) is 5.69 Å². The van der Waals surface area contributed by atoms with Gasteiger partial charge in [-0.3, -0.25) is 0 Å². The Morgan fingerprint density at radius 2 is 1.45 bits per heavy atom. The van der Waals surface area contributed by atoms with Gasteiger partial charge in [-0.25, -0.2) is 4.79 Å². The molecule has 2 aromatic carbocycles. The fraction of sp³-hybridized carbons (Fsp3) is 0. The lowest BCUT2D eigenvalue weighted by Crippen LogP contribution is -1.96. The van der Waals surface area contributed by atoms with E-state index in [1.54, 1.807) is 0 Å². The highest BCUT2D eigenvalue weighted by Crippen LogP contribution is 2.34. The van der Waals surface area contributed by atoms with Crippen LogP contribution in [0, 0.1) is 0 Å². The van der Waals surface area contributed by atoms with Crippen molar-refractivity contribution in [2.24, 2.45) is 0 Å². The third kappa shape index (κ3) is 2.07. The molecule has 0 atom stereocenters. The number of benzene rings is 2. The van der Waals surface area contributed by atoms with E-state index in [2.05, 4.69) is 5.16 Å². The number of carbonyl (C=O) groups is 1. The molecule has 4 nitrogen and oxygen atoms in total. The molecular weight excluding hydrogens is 254 g/mol. The van der Waals surface area contributed by atoms with Gasteiger partial charge in [-0.15, -0.1) is 0 Å². The number of carboxylic acids is 1. The summed E-state index contributed by atoms with van der Waals surface area (Å²) in [6.07, 6.45) is 0. The Labute approximate surface area is 115 Å². The maximum Gasteiger partial charge on any atom is 0.375 e. The average molecular weight is 265 g/mol. The minimum Gasteiger partial charge on any atom is -0.475 e. The molecular formula is C16H11NO3. The smallest absolute Gasteiger partial charge is 0.375 e. The Hall–Kier alpha value is -2.88. The highest BCUT2D eigenvalue weighted by molar-refractivity contribution is 5.97. The van der Waals surface area contributed by atoms with Crippen LogP contribution in [0.2, 0.25) is 0 Å². The van der Waals surface area contributed by atoms with E-state index in [1.165, 1.54) is 0 Å². The zero-order chi connectivity index (χ0) is 13.9. The first-order valence-electron chi connectivity index (χ1n) is 6.11. The van der Waals surface area contributed by atoms with E-state index in [9.17, 15) is 9.90 Å². The van der Waals surface area contributed by atoms with Crippen molar-refractivity contribution in [1.29, 1.82) is 0 Å². The second-order valence-electron chi connectivity index (χ2n) is 4.27. The first-order valence-corrected chi connectivity index (χ1v) is 6.11. The molecule has 1 heterocycles. The molecule has 4 heteroatoms. The van der Waals surface area contributed by atoms with E-state index in [0.29, 0.717) is 11.3 Å². The molecule has 3 rings (SSSR count). The molecule has 0 bridgehead atoms. The summed E-state index contributed by atoms with van der Waals surface area (Å²) >= 11 is 0. The van der Waals surface area contributed by atoms with Gasteiger partial charge in [-0.05, 0) is 5.56 Å². The molecule has 0 amide bonds. The number of hydrogen-bond donors (Lipinski definition) is 1. The lowest BCUT2D eigenvalue weighted by Gasteiger charge is -2.02. The molecule has 0 saturated heterocycles. The minimum absolute atomic E-state index is 0.143. The van der Waals surface area contributed by atoms with Crippen LogP contribution in [-0.4, -0.2) is 16.2 Å². The Morgan fingerprint density at radius 1 is 0.900 bits per heavy atom. The van der Waals surface area contributed by atoms with E-state index in [4.69, 9.17) is 4.52 Å². The number of rotatable bonds is 3. The van der Waals surface area contributed by atoms with Gasteiger partial charge in [0.15, 0.2) is 0 Å². The van der Waals surface area contributed by atoms with E-state index < -0.39 is 5.97 Å². The quantitative estimate of drug-likeness (QED) is 0.784. The van der Waals surface area contributed by atoms with Crippen LogP contribution in [-0.2, 0) is 0 Å². The predicted molar refractivity (Wildman–Crippen MR) is 74.3 cm³/mol. The number of carboxylic acid groups (broad SMARTS) is 1. The van der Waals surface area contributed by atoms with Gasteiger partial charge < -0.3 is 9.63 Å². The maximum absolute atomic E-state index is 11.3. The Morgan fingerprint density at radius 3 is 2.00 bits per heavy atom. The lowest BCUT2D eigenvalue weighted by atomic mass is 9.99. The Bertz CT molecular complexity index is 733. The van der Waals surface area contributed by atoms with Gasteiger partial charge in [-0.2, -0.15) is 0 Å². The highest BCUT2D eigenvalue weighted by Gasteiger charge is 2.23. The third-order valence-electron chi connectivity index (χ3n) is 3.00. The van der Waals surface area contributed by atoms with Crippen molar-refractivity contribution in [3.8, 4) is 22.4 Å². The standard InChI is InChI=1S/C16H11NO3/c18-16(19)15-13(11-7-3-1-4-8-11)14(17-20-15)12-9-5-2-6-10-12/h1-10H,(H,18,19). The number of aromatic carboxylic acids is 1. The van der Waals surface area contributed by atoms with Crippen molar-refractivity contribution in [2.75, 3.05) is 0 Å². The average Bonchev–Trinajstić information content (AvgIpc) is 2.94. The Balaban J connectivity index is 2.25. The number of aromatic nitrogens is 1. The van der Waals surface area contributed by atoms with Gasteiger partial charge in [0.25, 0.3) is 5.76 Å². The van der Waals surface area contributed by atoms with Crippen molar-refractivity contribution in [1.82, 2.24) is 5.16 Å². The lowest BCUT2D eigenvalue weighted by molar-refractivity contribution is 0.0653. The summed E-state index contributed by atoms with van der Waals surface area (Å²) in [4.78, 5) is 11.3. The minimum atomic E-state index is -1.13. The largest absolute Gasteiger partial charge is 0.475 e. The monoisotopic (exact) mass is 265 g/mol. The summed E-state index contributed by atoms with van der Waals surface area (Å²) in [5, 5.41) is 13.2. The first-order chi connectivity index (χ1) is 9.77. The summed E-state index contributed by atoms with van der Waals surface area (Å²) in [5.41, 5.74) is 2.63. The van der Waals surface area contributed by atoms with Crippen molar-refractivity contribution in [2.45, 2.75) is 0 Å². The molecule has 0 aliphatic carbocycles. The van der Waals surface area contributed by atoms with E-state index >= 15 is 0 Å². The molecule has 0 radical (unpaired) electrons. The molecule has 98 valence electrons. The van der Waals surface area contributed by atoms with Crippen LogP contribution in [0.25, 0.3) is 22.4 Å². The second-order valence-corrected chi connectivity index (χ2v) is 4.27. The normalized spacial score (nSPS) is 10.4. The van der Waals surface area contributed by atoms with Crippen LogP contribution in [0.3, 0.4) is 0 Å². The molecule has 0 spiro atoms. The SMILES string of the molecule is O=C(O)c1onc(-c2ccccc2)c1-c1ccccc1. The first kappa shape index (κ1) is 12.2. The molecule has 0 unspecified atom stereocenters. The van der Waals surface area contributed by atoms with E-state index in [1.807, 2.05) is 60.7 Å². The van der Waals surface area contributed by atoms with Crippen LogP contribution in [0.1, 0.15) is 10.6 Å². The van der Waals surface area contributed by atoms with E-state index in [-0.39, 0.29) is 5.76 Å². The third-order valence-corrected chi connectivity index (χ3v) is 3.00. The van der Waals surface area contributed by atoms with Gasteiger partial charge in [-0.1, -0.05) is 65.8 Å². The second kappa shape index (κ2) is 5.01. The molecule has 0 saturated carbocycles. The maximum atomic E-state index is 11.3.